The Bertz CT molecular complexity index is 160. The first-order chi connectivity index (χ1) is 3.55. The van der Waals surface area contributed by atoms with Crippen LogP contribution in [0.15, 0.2) is 0 Å². The van der Waals surface area contributed by atoms with Crippen molar-refractivity contribution in [1.82, 2.24) is 0 Å². The van der Waals surface area contributed by atoms with Crippen LogP contribution in [-0.4, -0.2) is 10.7 Å². The Morgan fingerprint density at radius 1 is 1.00 bits per heavy atom. The zero-order valence-electron chi connectivity index (χ0n) is 3.55. The number of hydrogen-bond acceptors (Lipinski definition) is 5. The van der Waals surface area contributed by atoms with Crippen LogP contribution in [0, 0.1) is 0 Å². The van der Waals surface area contributed by atoms with Gasteiger partial charge in [0.2, 0.25) is 0 Å². The summed E-state index contributed by atoms with van der Waals surface area (Å²) in [5.41, 5.74) is -2.22. The van der Waals surface area contributed by atoms with E-state index in [0.29, 0.717) is 0 Å². The van der Waals surface area contributed by atoms with E-state index in [1.807, 2.05) is 0 Å². The molecule has 0 aliphatic carbocycles. The second-order valence-electron chi connectivity index (χ2n) is 0.917. The summed E-state index contributed by atoms with van der Waals surface area (Å²) in [6, 6.07) is 0. The van der Waals surface area contributed by atoms with Gasteiger partial charge in [0, 0.05) is 0 Å². The zero-order valence-corrected chi connectivity index (χ0v) is 5.34. The molecule has 0 saturated carbocycles. The van der Waals surface area contributed by atoms with Gasteiger partial charge in [-0.15, -0.1) is 0 Å². The third kappa shape index (κ3) is 2.17. The first-order valence-electron chi connectivity index (χ1n) is 1.50. The van der Waals surface area contributed by atoms with Crippen LogP contribution in [0.1, 0.15) is 0 Å². The van der Waals surface area contributed by atoms with Gasteiger partial charge in [-0.05, 0) is 0 Å². The molecule has 0 atom stereocenters. The average molecular weight is 156 g/mol. The summed E-state index contributed by atoms with van der Waals surface area (Å²) >= 11 is 0. The van der Waals surface area contributed by atoms with Crippen molar-refractivity contribution in [1.29, 1.82) is 0 Å². The molecule has 0 radical (unpaired) electrons. The van der Waals surface area contributed by atoms with Crippen LogP contribution in [0.25, 0.3) is 0 Å². The van der Waals surface area contributed by atoms with Crippen molar-refractivity contribution in [2.24, 2.45) is 0 Å². The van der Waals surface area contributed by atoms with E-state index in [1.165, 1.54) is 0 Å². The van der Waals surface area contributed by atoms with E-state index in [9.17, 15) is 18.3 Å². The second kappa shape index (κ2) is 2.92. The summed E-state index contributed by atoms with van der Waals surface area (Å²) in [5.74, 6) is 0. The molecule has 0 amide bonds. The van der Waals surface area contributed by atoms with Gasteiger partial charge in [0.15, 0.2) is 0 Å². The average Bonchev–Trinajstić information content (AvgIpc) is 1.64. The van der Waals surface area contributed by atoms with Crippen LogP contribution in [0.3, 0.4) is 0 Å². The maximum atomic E-state index is 9.54. The van der Waals surface area contributed by atoms with Crippen molar-refractivity contribution in [3.63, 3.8) is 0 Å². The lowest BCUT2D eigenvalue weighted by Crippen LogP contribution is -1.82. The number of aliphatic hydroxyl groups excluding tert-OH is 1. The molecule has 1 N–H and O–H groups in total. The molecule has 0 spiro atoms. The van der Waals surface area contributed by atoms with Crippen LogP contribution < -0.4 is 0 Å². The zero-order chi connectivity index (χ0) is 6.73. The van der Waals surface area contributed by atoms with Crippen LogP contribution in [0.2, 0.25) is 0 Å². The Labute approximate surface area is 45.4 Å². The molecule has 0 bridgehead atoms. The first kappa shape index (κ1) is 7.76. The number of hydrogen-bond donors (Lipinski definition) is 1. The molecule has 5 nitrogen and oxygen atoms in total. The van der Waals surface area contributed by atoms with Crippen molar-refractivity contribution >= 4 is 15.4 Å². The normalized spacial score (nSPS) is 9.25. The Hall–Kier alpha value is -0.240. The number of aliphatic hydroxyl groups is 1. The smallest absolute Gasteiger partial charge is 0.360 e. The van der Waals surface area contributed by atoms with Crippen molar-refractivity contribution < 1.29 is 23.4 Å². The number of rotatable bonds is 2. The van der Waals surface area contributed by atoms with E-state index >= 15 is 0 Å². The Morgan fingerprint density at radius 3 is 1.25 bits per heavy atom. The summed E-state index contributed by atoms with van der Waals surface area (Å²) in [7, 11) is -6.48. The molecule has 0 aromatic carbocycles. The van der Waals surface area contributed by atoms with E-state index in [4.69, 9.17) is 5.11 Å². The molecular weight excluding hydrogens is 154 g/mol. The minimum atomic E-state index is -3.24. The van der Waals surface area contributed by atoms with E-state index in [-0.39, 0.29) is 0 Å². The molecule has 0 unspecified atom stereocenters. The second-order valence-corrected chi connectivity index (χ2v) is 3.44. The first-order valence-corrected chi connectivity index (χ1v) is 4.00. The third-order valence-electron chi connectivity index (χ3n) is 0.377. The summed E-state index contributed by atoms with van der Waals surface area (Å²) in [6.07, 6.45) is 0. The lowest BCUT2D eigenvalue weighted by molar-refractivity contribution is 0.305. The standard InChI is InChI=1S/CH2O5P2/c2-1(7(3)4)8(5)6/h1-2H. The monoisotopic (exact) mass is 156 g/mol. The summed E-state index contributed by atoms with van der Waals surface area (Å²) in [6.45, 7) is 0. The highest BCUT2D eigenvalue weighted by Gasteiger charge is 2.14. The lowest BCUT2D eigenvalue weighted by Gasteiger charge is -1.78. The van der Waals surface area contributed by atoms with Crippen molar-refractivity contribution in [3.05, 3.63) is 0 Å². The SMILES string of the molecule is O=P(=O)C(O)P(=O)=O. The van der Waals surface area contributed by atoms with Gasteiger partial charge >= 0.3 is 15.4 Å². The van der Waals surface area contributed by atoms with E-state index in [0.717, 1.165) is 0 Å². The molecule has 0 heterocycles. The largest absolute Gasteiger partial charge is 0.366 e. The Kier molecular flexibility index (Phi) is 2.84. The fraction of sp³-hybridized carbons (Fsp3) is 1.00. The van der Waals surface area contributed by atoms with Gasteiger partial charge in [-0.3, -0.25) is 0 Å². The maximum absolute atomic E-state index is 9.54. The van der Waals surface area contributed by atoms with E-state index < -0.39 is 20.9 Å². The molecule has 7 heteroatoms. The Morgan fingerprint density at radius 2 is 1.25 bits per heavy atom. The molecule has 0 fully saturated rings. The minimum absolute atomic E-state index is 2.22. The third-order valence-corrected chi connectivity index (χ3v) is 2.26. The van der Waals surface area contributed by atoms with Crippen LogP contribution in [0.5, 0.6) is 0 Å². The summed E-state index contributed by atoms with van der Waals surface area (Å²) < 4.78 is 38.2. The Balaban J connectivity index is 4.27. The summed E-state index contributed by atoms with van der Waals surface area (Å²) in [4.78, 5) is 0. The highest BCUT2D eigenvalue weighted by molar-refractivity contribution is 7.50. The fourth-order valence-corrected chi connectivity index (χ4v) is 0.693. The molecular formula is CH2O5P2. The minimum Gasteiger partial charge on any atom is -0.366 e. The molecule has 46 valence electrons. The van der Waals surface area contributed by atoms with Crippen molar-refractivity contribution in [2.45, 2.75) is 5.59 Å². The van der Waals surface area contributed by atoms with Gasteiger partial charge in [0.05, 0.1) is 0 Å². The van der Waals surface area contributed by atoms with Crippen LogP contribution in [-0.2, 0) is 18.3 Å². The van der Waals surface area contributed by atoms with Gasteiger partial charge in [0.25, 0.3) is 5.59 Å². The quantitative estimate of drug-likeness (QED) is 0.591. The van der Waals surface area contributed by atoms with Gasteiger partial charge in [-0.2, -0.15) is 0 Å². The fourth-order valence-electron chi connectivity index (χ4n) is 0.0770. The summed E-state index contributed by atoms with van der Waals surface area (Å²) in [5, 5.41) is 8.01. The van der Waals surface area contributed by atoms with Crippen LogP contribution >= 0.6 is 15.4 Å². The van der Waals surface area contributed by atoms with Crippen molar-refractivity contribution in [2.75, 3.05) is 0 Å². The predicted molar refractivity (Wildman–Crippen MR) is 22.6 cm³/mol. The molecule has 0 aromatic heterocycles. The highest BCUT2D eigenvalue weighted by Crippen LogP contribution is 2.26. The molecule has 0 rings (SSSR count). The maximum Gasteiger partial charge on any atom is 0.360 e. The van der Waals surface area contributed by atoms with E-state index in [1.54, 1.807) is 0 Å². The molecule has 0 saturated heterocycles. The molecule has 0 aromatic rings. The van der Waals surface area contributed by atoms with Gasteiger partial charge in [-0.25, -0.2) is 18.3 Å². The predicted octanol–water partition coefficient (Wildman–Crippen LogP) is 0.608. The van der Waals surface area contributed by atoms with Crippen LogP contribution in [0.4, 0.5) is 0 Å². The van der Waals surface area contributed by atoms with E-state index in [2.05, 4.69) is 0 Å². The van der Waals surface area contributed by atoms with Gasteiger partial charge in [0.1, 0.15) is 0 Å². The van der Waals surface area contributed by atoms with Gasteiger partial charge < -0.3 is 5.11 Å². The van der Waals surface area contributed by atoms with Gasteiger partial charge in [-0.1, -0.05) is 0 Å². The highest BCUT2D eigenvalue weighted by atomic mass is 31.1. The molecule has 0 aliphatic heterocycles. The molecule has 8 heavy (non-hydrogen) atoms. The lowest BCUT2D eigenvalue weighted by atomic mass is 11.7. The topological polar surface area (TPSA) is 88.5 Å². The molecule has 0 aliphatic rings. The van der Waals surface area contributed by atoms with Crippen molar-refractivity contribution in [3.8, 4) is 0 Å².